The van der Waals surface area contributed by atoms with Crippen molar-refractivity contribution in [1.29, 1.82) is 0 Å². The van der Waals surface area contributed by atoms with E-state index >= 15 is 0 Å². The zero-order valence-corrected chi connectivity index (χ0v) is 12.8. The molecule has 1 heterocycles. The fraction of sp³-hybridized carbons (Fsp3) is 0.750. The smallest absolute Gasteiger partial charge is 0.0897 e. The second-order valence-electron chi connectivity index (χ2n) is 4.36. The first-order chi connectivity index (χ1) is 7.65. The van der Waals surface area contributed by atoms with Crippen LogP contribution in [0.1, 0.15) is 30.5 Å². The monoisotopic (exact) mass is 304 g/mol. The van der Waals surface area contributed by atoms with Crippen molar-refractivity contribution in [1.82, 2.24) is 9.88 Å². The molecular weight excluding hydrogens is 284 g/mol. The lowest BCUT2D eigenvalue weighted by molar-refractivity contribution is 0.271. The van der Waals surface area contributed by atoms with Crippen LogP contribution < -0.4 is 0 Å². The number of nitrogens with zero attached hydrogens (tertiary/aromatic N) is 2. The van der Waals surface area contributed by atoms with Gasteiger partial charge in [0.2, 0.25) is 0 Å². The molecule has 0 amide bonds. The molecule has 16 heavy (non-hydrogen) atoms. The summed E-state index contributed by atoms with van der Waals surface area (Å²) in [5.41, 5.74) is 1.20. The maximum atomic E-state index is 4.49. The van der Waals surface area contributed by atoms with Gasteiger partial charge >= 0.3 is 0 Å². The van der Waals surface area contributed by atoms with Gasteiger partial charge in [0, 0.05) is 23.8 Å². The van der Waals surface area contributed by atoms with E-state index in [0.717, 1.165) is 29.3 Å². The first kappa shape index (κ1) is 14.1. The highest BCUT2D eigenvalue weighted by atomic mass is 79.9. The standard InChI is InChI=1S/C12H21BrN2S/c1-4-5-11(6-13)7-15(3)8-12-9-16-10(2)14-12/h9,11H,4-8H2,1-3H3. The molecule has 1 atom stereocenters. The molecule has 1 aromatic rings. The predicted octanol–water partition coefficient (Wildman–Crippen LogP) is 3.69. The van der Waals surface area contributed by atoms with Crippen LogP contribution in [-0.4, -0.2) is 28.8 Å². The summed E-state index contributed by atoms with van der Waals surface area (Å²) in [4.78, 5) is 6.87. The quantitative estimate of drug-likeness (QED) is 0.714. The Hall–Kier alpha value is 0.0700. The molecule has 4 heteroatoms. The van der Waals surface area contributed by atoms with E-state index in [4.69, 9.17) is 0 Å². The van der Waals surface area contributed by atoms with E-state index in [1.54, 1.807) is 11.3 Å². The summed E-state index contributed by atoms with van der Waals surface area (Å²) in [6, 6.07) is 0. The van der Waals surface area contributed by atoms with Crippen LogP contribution in [0.5, 0.6) is 0 Å². The maximum Gasteiger partial charge on any atom is 0.0897 e. The third-order valence-corrected chi connectivity index (χ3v) is 4.32. The Labute approximate surface area is 111 Å². The van der Waals surface area contributed by atoms with Crippen LogP contribution in [0.2, 0.25) is 0 Å². The molecule has 0 N–H and O–H groups in total. The lowest BCUT2D eigenvalue weighted by Gasteiger charge is -2.21. The fourth-order valence-electron chi connectivity index (χ4n) is 1.89. The van der Waals surface area contributed by atoms with E-state index < -0.39 is 0 Å². The molecule has 1 rings (SSSR count). The normalized spacial score (nSPS) is 13.3. The van der Waals surface area contributed by atoms with Gasteiger partial charge in [0.25, 0.3) is 0 Å². The molecule has 0 bridgehead atoms. The Bertz CT molecular complexity index is 301. The largest absolute Gasteiger partial charge is 0.300 e. The minimum atomic E-state index is 0.759. The zero-order chi connectivity index (χ0) is 12.0. The number of hydrogen-bond acceptors (Lipinski definition) is 3. The molecule has 0 saturated carbocycles. The number of aromatic nitrogens is 1. The van der Waals surface area contributed by atoms with E-state index in [1.807, 2.05) is 0 Å². The van der Waals surface area contributed by atoms with Crippen LogP contribution in [0.15, 0.2) is 5.38 Å². The lowest BCUT2D eigenvalue weighted by atomic mass is 10.1. The first-order valence-electron chi connectivity index (χ1n) is 5.81. The van der Waals surface area contributed by atoms with Gasteiger partial charge in [-0.3, -0.25) is 0 Å². The Morgan fingerprint density at radius 1 is 1.56 bits per heavy atom. The predicted molar refractivity (Wildman–Crippen MR) is 75.4 cm³/mol. The van der Waals surface area contributed by atoms with Crippen molar-refractivity contribution < 1.29 is 0 Å². The number of alkyl halides is 1. The average molecular weight is 305 g/mol. The third kappa shape index (κ3) is 4.93. The molecule has 0 radical (unpaired) electrons. The van der Waals surface area contributed by atoms with Gasteiger partial charge < -0.3 is 4.90 Å². The van der Waals surface area contributed by atoms with Crippen molar-refractivity contribution >= 4 is 27.3 Å². The van der Waals surface area contributed by atoms with E-state index in [1.165, 1.54) is 18.5 Å². The van der Waals surface area contributed by atoms with Crippen LogP contribution in [0.3, 0.4) is 0 Å². The van der Waals surface area contributed by atoms with Crippen LogP contribution in [0.25, 0.3) is 0 Å². The van der Waals surface area contributed by atoms with E-state index in [0.29, 0.717) is 0 Å². The molecule has 1 aromatic heterocycles. The van der Waals surface area contributed by atoms with Gasteiger partial charge in [0.1, 0.15) is 0 Å². The molecule has 0 aliphatic rings. The maximum absolute atomic E-state index is 4.49. The van der Waals surface area contributed by atoms with Crippen molar-refractivity contribution in [2.24, 2.45) is 5.92 Å². The molecular formula is C12H21BrN2S. The average Bonchev–Trinajstić information content (AvgIpc) is 2.63. The molecule has 0 saturated heterocycles. The number of aryl methyl sites for hydroxylation is 1. The number of rotatable bonds is 7. The van der Waals surface area contributed by atoms with Crippen molar-refractivity contribution in [2.75, 3.05) is 18.9 Å². The Morgan fingerprint density at radius 3 is 2.81 bits per heavy atom. The van der Waals surface area contributed by atoms with Gasteiger partial charge in [-0.2, -0.15) is 0 Å². The van der Waals surface area contributed by atoms with Gasteiger partial charge in [-0.25, -0.2) is 4.98 Å². The van der Waals surface area contributed by atoms with Crippen molar-refractivity contribution in [3.8, 4) is 0 Å². The highest BCUT2D eigenvalue weighted by molar-refractivity contribution is 9.09. The summed E-state index contributed by atoms with van der Waals surface area (Å²) >= 11 is 5.33. The van der Waals surface area contributed by atoms with Gasteiger partial charge in [-0.15, -0.1) is 11.3 Å². The molecule has 0 aromatic carbocycles. The van der Waals surface area contributed by atoms with Crippen LogP contribution in [0, 0.1) is 12.8 Å². The van der Waals surface area contributed by atoms with Gasteiger partial charge in [0.15, 0.2) is 0 Å². The number of hydrogen-bond donors (Lipinski definition) is 0. The van der Waals surface area contributed by atoms with E-state index in [2.05, 4.69) is 52.1 Å². The van der Waals surface area contributed by atoms with E-state index in [9.17, 15) is 0 Å². The van der Waals surface area contributed by atoms with Crippen molar-refractivity contribution in [2.45, 2.75) is 33.2 Å². The highest BCUT2D eigenvalue weighted by Gasteiger charge is 2.10. The summed E-state index contributed by atoms with van der Waals surface area (Å²) < 4.78 is 0. The van der Waals surface area contributed by atoms with Crippen molar-refractivity contribution in [3.05, 3.63) is 16.1 Å². The molecule has 0 aliphatic heterocycles. The summed E-state index contributed by atoms with van der Waals surface area (Å²) in [6.45, 7) is 6.43. The molecule has 0 aliphatic carbocycles. The SMILES string of the molecule is CCCC(CBr)CN(C)Cc1csc(C)n1. The number of halogens is 1. The third-order valence-electron chi connectivity index (χ3n) is 2.58. The van der Waals surface area contributed by atoms with Gasteiger partial charge in [0.05, 0.1) is 10.7 Å². The minimum absolute atomic E-state index is 0.759. The second-order valence-corrected chi connectivity index (χ2v) is 6.07. The van der Waals surface area contributed by atoms with Crippen LogP contribution in [-0.2, 0) is 6.54 Å². The number of thiazole rings is 1. The molecule has 1 unspecified atom stereocenters. The van der Waals surface area contributed by atoms with Gasteiger partial charge in [-0.05, 0) is 26.3 Å². The Morgan fingerprint density at radius 2 is 2.31 bits per heavy atom. The summed E-state index contributed by atoms with van der Waals surface area (Å²) in [6.07, 6.45) is 2.56. The molecule has 92 valence electrons. The Kier molecular flexibility index (Phi) is 6.54. The topological polar surface area (TPSA) is 16.1 Å². The van der Waals surface area contributed by atoms with Gasteiger partial charge in [-0.1, -0.05) is 29.3 Å². The highest BCUT2D eigenvalue weighted by Crippen LogP contribution is 2.14. The summed E-state index contributed by atoms with van der Waals surface area (Å²) in [5, 5.41) is 4.42. The van der Waals surface area contributed by atoms with Crippen molar-refractivity contribution in [3.63, 3.8) is 0 Å². The zero-order valence-electron chi connectivity index (χ0n) is 10.4. The summed E-state index contributed by atoms with van der Waals surface area (Å²) in [7, 11) is 2.18. The van der Waals surface area contributed by atoms with Crippen LogP contribution in [0.4, 0.5) is 0 Å². The first-order valence-corrected chi connectivity index (χ1v) is 7.81. The van der Waals surface area contributed by atoms with E-state index in [-0.39, 0.29) is 0 Å². The molecule has 0 spiro atoms. The summed E-state index contributed by atoms with van der Waals surface area (Å²) in [5.74, 6) is 0.759. The molecule has 0 fully saturated rings. The Balaban J connectivity index is 2.37. The minimum Gasteiger partial charge on any atom is -0.300 e. The van der Waals surface area contributed by atoms with Crippen LogP contribution >= 0.6 is 27.3 Å². The fourth-order valence-corrected chi connectivity index (χ4v) is 3.02. The lowest BCUT2D eigenvalue weighted by Crippen LogP contribution is -2.26. The molecule has 2 nitrogen and oxygen atoms in total. The second kappa shape index (κ2) is 7.41.